The Morgan fingerprint density at radius 3 is 2.18 bits per heavy atom. The molecule has 0 spiro atoms. The van der Waals surface area contributed by atoms with Crippen LogP contribution in [0.1, 0.15) is 45.4 Å². The second-order valence-electron chi connectivity index (χ2n) is 2.82. The Morgan fingerprint density at radius 2 is 1.64 bits per heavy atom. The predicted octanol–water partition coefficient (Wildman–Crippen LogP) is 3.07. The van der Waals surface area contributed by atoms with Gasteiger partial charge < -0.3 is 4.74 Å². The predicted molar refractivity (Wildman–Crippen MR) is 48.5 cm³/mol. The molecule has 0 rings (SSSR count). The summed E-state index contributed by atoms with van der Waals surface area (Å²) in [6, 6.07) is 0. The summed E-state index contributed by atoms with van der Waals surface area (Å²) in [5.74, 6) is 0. The molecule has 0 atom stereocenters. The molecule has 0 aliphatic carbocycles. The summed E-state index contributed by atoms with van der Waals surface area (Å²) in [6.45, 7) is 9.36. The van der Waals surface area contributed by atoms with Gasteiger partial charge in [0.2, 0.25) is 0 Å². The highest BCUT2D eigenvalue weighted by Gasteiger charge is 1.88. The monoisotopic (exact) mass is 156 g/mol. The smallest absolute Gasteiger partial charge is 0.0466 e. The molecule has 2 radical (unpaired) electrons. The Kier molecular flexibility index (Phi) is 9.92. The molecular weight excluding hydrogens is 136 g/mol. The Hall–Kier alpha value is -0.0400. The highest BCUT2D eigenvalue weighted by atomic mass is 16.5. The van der Waals surface area contributed by atoms with Gasteiger partial charge in [0.25, 0.3) is 0 Å². The average Bonchev–Trinajstić information content (AvgIpc) is 2.03. The van der Waals surface area contributed by atoms with Gasteiger partial charge in [-0.15, -0.1) is 0 Å². The zero-order chi connectivity index (χ0) is 8.36. The molecule has 0 aliphatic heterocycles. The summed E-state index contributed by atoms with van der Waals surface area (Å²) < 4.78 is 5.38. The lowest BCUT2D eigenvalue weighted by atomic mass is 10.2. The molecule has 0 amide bonds. The van der Waals surface area contributed by atoms with Gasteiger partial charge in [-0.2, -0.15) is 0 Å². The quantitative estimate of drug-likeness (QED) is 0.491. The van der Waals surface area contributed by atoms with Gasteiger partial charge in [0.05, 0.1) is 0 Å². The Labute approximate surface area is 71.1 Å². The van der Waals surface area contributed by atoms with Crippen molar-refractivity contribution in [2.24, 2.45) is 0 Å². The van der Waals surface area contributed by atoms with Crippen molar-refractivity contribution < 1.29 is 4.74 Å². The zero-order valence-electron chi connectivity index (χ0n) is 7.64. The first-order chi connectivity index (χ1) is 5.41. The van der Waals surface area contributed by atoms with Crippen molar-refractivity contribution in [3.63, 3.8) is 0 Å². The lowest BCUT2D eigenvalue weighted by Gasteiger charge is -2.01. The molecule has 1 nitrogen and oxygen atoms in total. The Morgan fingerprint density at radius 1 is 1.00 bits per heavy atom. The van der Waals surface area contributed by atoms with Crippen molar-refractivity contribution in [1.29, 1.82) is 0 Å². The lowest BCUT2D eigenvalue weighted by Crippen LogP contribution is -1.96. The second kappa shape index (κ2) is 9.96. The van der Waals surface area contributed by atoms with Gasteiger partial charge in [0.15, 0.2) is 0 Å². The molecule has 11 heavy (non-hydrogen) atoms. The van der Waals surface area contributed by atoms with Crippen molar-refractivity contribution in [1.82, 2.24) is 0 Å². The fourth-order valence-electron chi connectivity index (χ4n) is 0.905. The van der Waals surface area contributed by atoms with Gasteiger partial charge >= 0.3 is 0 Å². The van der Waals surface area contributed by atoms with Crippen LogP contribution in [0.4, 0.5) is 0 Å². The van der Waals surface area contributed by atoms with Gasteiger partial charge in [-0.25, -0.2) is 0 Å². The summed E-state index contributed by atoms with van der Waals surface area (Å²) in [7, 11) is 0. The van der Waals surface area contributed by atoms with Crippen molar-refractivity contribution >= 4 is 0 Å². The van der Waals surface area contributed by atoms with E-state index in [2.05, 4.69) is 6.92 Å². The molecule has 0 aliphatic rings. The Balaban J connectivity index is 2.69. The molecule has 0 heterocycles. The molecular formula is C10H20O. The van der Waals surface area contributed by atoms with E-state index in [4.69, 9.17) is 11.7 Å². The number of unbranched alkanes of at least 4 members (excludes halogenated alkanes) is 4. The lowest BCUT2D eigenvalue weighted by molar-refractivity contribution is 0.126. The van der Waals surface area contributed by atoms with E-state index in [9.17, 15) is 0 Å². The average molecular weight is 156 g/mol. The summed E-state index contributed by atoms with van der Waals surface area (Å²) in [4.78, 5) is 0. The molecule has 66 valence electrons. The fourth-order valence-corrected chi connectivity index (χ4v) is 0.905. The molecule has 0 aromatic heterocycles. The highest BCUT2D eigenvalue weighted by molar-refractivity contribution is 4.42. The molecule has 0 aromatic carbocycles. The maximum absolute atomic E-state index is 5.38. The fraction of sp³-hybridized carbons (Fsp3) is 0.900. The molecule has 0 fully saturated rings. The zero-order valence-corrected chi connectivity index (χ0v) is 7.64. The first-order valence-electron chi connectivity index (χ1n) is 4.69. The number of rotatable bonds is 8. The van der Waals surface area contributed by atoms with Crippen molar-refractivity contribution in [2.75, 3.05) is 13.2 Å². The minimum Gasteiger partial charge on any atom is -0.381 e. The first-order valence-corrected chi connectivity index (χ1v) is 4.69. The maximum Gasteiger partial charge on any atom is 0.0466 e. The molecule has 0 saturated carbocycles. The van der Waals surface area contributed by atoms with Crippen LogP contribution in [-0.4, -0.2) is 13.2 Å². The van der Waals surface area contributed by atoms with Gasteiger partial charge in [0.1, 0.15) is 0 Å². The third-order valence-electron chi connectivity index (χ3n) is 1.64. The highest BCUT2D eigenvalue weighted by Crippen LogP contribution is 1.97. The van der Waals surface area contributed by atoms with E-state index in [1.807, 2.05) is 0 Å². The SMILES string of the molecule is [CH]CCCCOCCCCC. The number of ether oxygens (including phenoxy) is 1. The minimum absolute atomic E-state index is 0.790. The van der Waals surface area contributed by atoms with E-state index in [-0.39, 0.29) is 0 Å². The standard InChI is InChI=1S/C10H20O/c1-3-5-7-9-11-10-8-6-4-2/h1H,3-10H2,2H3. The van der Waals surface area contributed by atoms with Gasteiger partial charge in [-0.1, -0.05) is 26.2 Å². The molecule has 0 unspecified atom stereocenters. The van der Waals surface area contributed by atoms with Crippen molar-refractivity contribution in [3.8, 4) is 0 Å². The summed E-state index contributed by atoms with van der Waals surface area (Å²) >= 11 is 0. The van der Waals surface area contributed by atoms with Crippen LogP contribution in [0.15, 0.2) is 0 Å². The van der Waals surface area contributed by atoms with Crippen LogP contribution in [0.5, 0.6) is 0 Å². The van der Waals surface area contributed by atoms with Crippen LogP contribution in [0.3, 0.4) is 0 Å². The van der Waals surface area contributed by atoms with Gasteiger partial charge in [0, 0.05) is 13.2 Å². The normalized spacial score (nSPS) is 10.4. The van der Waals surface area contributed by atoms with Crippen LogP contribution in [-0.2, 0) is 4.74 Å². The number of hydrogen-bond acceptors (Lipinski definition) is 1. The van der Waals surface area contributed by atoms with E-state index in [0.717, 1.165) is 32.5 Å². The van der Waals surface area contributed by atoms with E-state index in [0.29, 0.717) is 0 Å². The summed E-state index contributed by atoms with van der Waals surface area (Å²) in [5.41, 5.74) is 0. The van der Waals surface area contributed by atoms with E-state index in [1.165, 1.54) is 19.3 Å². The van der Waals surface area contributed by atoms with Crippen molar-refractivity contribution in [3.05, 3.63) is 6.92 Å². The second-order valence-corrected chi connectivity index (χ2v) is 2.82. The largest absolute Gasteiger partial charge is 0.381 e. The van der Waals surface area contributed by atoms with Crippen LogP contribution in [0.25, 0.3) is 0 Å². The first kappa shape index (κ1) is 11.0. The van der Waals surface area contributed by atoms with E-state index < -0.39 is 0 Å². The molecule has 0 saturated heterocycles. The van der Waals surface area contributed by atoms with E-state index >= 15 is 0 Å². The maximum atomic E-state index is 5.38. The topological polar surface area (TPSA) is 9.23 Å². The summed E-state index contributed by atoms with van der Waals surface area (Å²) in [6.07, 6.45) is 6.76. The van der Waals surface area contributed by atoms with Crippen LogP contribution < -0.4 is 0 Å². The Bertz CT molecular complexity index is 53.9. The third kappa shape index (κ3) is 9.96. The van der Waals surface area contributed by atoms with Crippen LogP contribution in [0, 0.1) is 6.92 Å². The van der Waals surface area contributed by atoms with Gasteiger partial charge in [-0.3, -0.25) is 0 Å². The van der Waals surface area contributed by atoms with Crippen LogP contribution >= 0.6 is 0 Å². The van der Waals surface area contributed by atoms with Crippen LogP contribution in [0.2, 0.25) is 0 Å². The third-order valence-corrected chi connectivity index (χ3v) is 1.64. The van der Waals surface area contributed by atoms with E-state index in [1.54, 1.807) is 0 Å². The molecule has 0 N–H and O–H groups in total. The minimum atomic E-state index is 0.790. The van der Waals surface area contributed by atoms with Crippen molar-refractivity contribution in [2.45, 2.75) is 45.4 Å². The molecule has 1 heteroatoms. The summed E-state index contributed by atoms with van der Waals surface area (Å²) in [5, 5.41) is 0. The number of hydrogen-bond donors (Lipinski definition) is 0. The van der Waals surface area contributed by atoms with Gasteiger partial charge in [-0.05, 0) is 26.2 Å². The molecule has 0 aromatic rings. The molecule has 0 bridgehead atoms.